The van der Waals surface area contributed by atoms with Crippen LogP contribution < -0.4 is 11.3 Å². The van der Waals surface area contributed by atoms with Gasteiger partial charge in [0.1, 0.15) is 5.54 Å². The maximum Gasteiger partial charge on any atom is 0.107 e. The van der Waals surface area contributed by atoms with E-state index in [2.05, 4.69) is 41.8 Å². The van der Waals surface area contributed by atoms with Gasteiger partial charge in [-0.2, -0.15) is 0 Å². The molecule has 3 aromatic carbocycles. The van der Waals surface area contributed by atoms with Gasteiger partial charge in [0.05, 0.1) is 0 Å². The van der Waals surface area contributed by atoms with Gasteiger partial charge in [-0.3, -0.25) is 5.84 Å². The number of hydrogen-bond acceptors (Lipinski definition) is 2. The summed E-state index contributed by atoms with van der Waals surface area (Å²) in [6.07, 6.45) is 0. The normalized spacial score (nSPS) is 10.8. The lowest BCUT2D eigenvalue weighted by molar-refractivity contribution is 0.489. The zero-order valence-electron chi connectivity index (χ0n) is 12.1. The van der Waals surface area contributed by atoms with E-state index in [4.69, 9.17) is 5.84 Å². The highest BCUT2D eigenvalue weighted by Crippen LogP contribution is 2.35. The van der Waals surface area contributed by atoms with Gasteiger partial charge in [-0.15, -0.1) is 12.4 Å². The quantitative estimate of drug-likeness (QED) is 0.436. The highest BCUT2D eigenvalue weighted by atomic mass is 35.5. The van der Waals surface area contributed by atoms with Crippen LogP contribution in [0.25, 0.3) is 0 Å². The van der Waals surface area contributed by atoms with Gasteiger partial charge in [-0.25, -0.2) is 5.43 Å². The molecule has 0 amide bonds. The smallest absolute Gasteiger partial charge is 0.107 e. The first-order valence-corrected chi connectivity index (χ1v) is 7.02. The van der Waals surface area contributed by atoms with Crippen LogP contribution in [0.5, 0.6) is 0 Å². The molecule has 22 heavy (non-hydrogen) atoms. The predicted octanol–water partition coefficient (Wildman–Crippen LogP) is 3.86. The molecule has 3 rings (SSSR count). The second kappa shape index (κ2) is 7.23. The number of nitrogens with two attached hydrogens (primary N) is 1. The fourth-order valence-corrected chi connectivity index (χ4v) is 2.81. The van der Waals surface area contributed by atoms with Crippen molar-refractivity contribution < 1.29 is 0 Å². The Morgan fingerprint density at radius 1 is 0.545 bits per heavy atom. The fourth-order valence-electron chi connectivity index (χ4n) is 2.81. The van der Waals surface area contributed by atoms with E-state index in [9.17, 15) is 0 Å². The summed E-state index contributed by atoms with van der Waals surface area (Å²) in [4.78, 5) is 0. The fraction of sp³-hybridized carbons (Fsp3) is 0.0526. The van der Waals surface area contributed by atoms with E-state index in [1.54, 1.807) is 0 Å². The first-order valence-electron chi connectivity index (χ1n) is 7.02. The Bertz CT molecular complexity index is 588. The van der Waals surface area contributed by atoms with Crippen molar-refractivity contribution in [1.29, 1.82) is 0 Å². The lowest BCUT2D eigenvalue weighted by atomic mass is 9.77. The molecule has 3 N–H and O–H groups in total. The van der Waals surface area contributed by atoms with E-state index in [1.807, 2.05) is 54.6 Å². The first kappa shape index (κ1) is 16.2. The van der Waals surface area contributed by atoms with E-state index < -0.39 is 5.54 Å². The summed E-state index contributed by atoms with van der Waals surface area (Å²) in [5.74, 6) is 6.05. The van der Waals surface area contributed by atoms with E-state index in [1.165, 1.54) is 0 Å². The number of halogens is 1. The molecule has 0 saturated carbocycles. The Labute approximate surface area is 137 Å². The molecule has 0 aliphatic carbocycles. The molecule has 3 aromatic rings. The standard InChI is InChI=1S/C19H18N2.ClH/c20-21-19(16-10-4-1-5-11-16,17-12-6-2-7-13-17)18-14-8-3-9-15-18;/h1-15,21H,20H2;1H. The van der Waals surface area contributed by atoms with Crippen molar-refractivity contribution in [3.8, 4) is 0 Å². The van der Waals surface area contributed by atoms with Gasteiger partial charge >= 0.3 is 0 Å². The highest BCUT2D eigenvalue weighted by molar-refractivity contribution is 5.85. The lowest BCUT2D eigenvalue weighted by Crippen LogP contribution is -2.48. The van der Waals surface area contributed by atoms with Crippen LogP contribution in [0, 0.1) is 0 Å². The molecule has 0 unspecified atom stereocenters. The Hall–Kier alpha value is -2.13. The first-order chi connectivity index (χ1) is 10.4. The lowest BCUT2D eigenvalue weighted by Gasteiger charge is -2.35. The molecule has 0 heterocycles. The van der Waals surface area contributed by atoms with E-state index in [0.29, 0.717) is 0 Å². The van der Waals surface area contributed by atoms with Crippen LogP contribution in [-0.4, -0.2) is 0 Å². The summed E-state index contributed by atoms with van der Waals surface area (Å²) in [6.45, 7) is 0. The van der Waals surface area contributed by atoms with Crippen molar-refractivity contribution in [2.24, 2.45) is 5.84 Å². The summed E-state index contributed by atoms with van der Waals surface area (Å²) in [6, 6.07) is 30.8. The summed E-state index contributed by atoms with van der Waals surface area (Å²) in [7, 11) is 0. The van der Waals surface area contributed by atoms with Crippen molar-refractivity contribution in [2.75, 3.05) is 0 Å². The van der Waals surface area contributed by atoms with Crippen LogP contribution in [-0.2, 0) is 5.54 Å². The maximum absolute atomic E-state index is 6.05. The molecule has 2 nitrogen and oxygen atoms in total. The van der Waals surface area contributed by atoms with Crippen molar-refractivity contribution in [2.45, 2.75) is 5.54 Å². The third-order valence-corrected chi connectivity index (χ3v) is 3.84. The van der Waals surface area contributed by atoms with Gasteiger partial charge in [0.15, 0.2) is 0 Å². The van der Waals surface area contributed by atoms with E-state index >= 15 is 0 Å². The van der Waals surface area contributed by atoms with Crippen molar-refractivity contribution >= 4 is 12.4 Å². The third-order valence-electron chi connectivity index (χ3n) is 3.84. The molecule has 0 aromatic heterocycles. The second-order valence-corrected chi connectivity index (χ2v) is 4.99. The molecule has 0 atom stereocenters. The summed E-state index contributed by atoms with van der Waals surface area (Å²) >= 11 is 0. The van der Waals surface area contributed by atoms with Gasteiger partial charge < -0.3 is 0 Å². The van der Waals surface area contributed by atoms with Crippen molar-refractivity contribution in [3.63, 3.8) is 0 Å². The van der Waals surface area contributed by atoms with Crippen LogP contribution in [0.4, 0.5) is 0 Å². The van der Waals surface area contributed by atoms with Crippen molar-refractivity contribution in [3.05, 3.63) is 108 Å². The van der Waals surface area contributed by atoms with Crippen LogP contribution in [0.1, 0.15) is 16.7 Å². The maximum atomic E-state index is 6.05. The topological polar surface area (TPSA) is 38.0 Å². The molecule has 0 aliphatic rings. The highest BCUT2D eigenvalue weighted by Gasteiger charge is 2.34. The Morgan fingerprint density at radius 2 is 0.818 bits per heavy atom. The zero-order chi connectivity index (χ0) is 14.5. The molecule has 112 valence electrons. The monoisotopic (exact) mass is 310 g/mol. The minimum atomic E-state index is -0.552. The number of nitrogens with one attached hydrogen (secondary N) is 1. The Balaban J connectivity index is 0.00000176. The number of benzene rings is 3. The van der Waals surface area contributed by atoms with E-state index in [-0.39, 0.29) is 12.4 Å². The molecule has 0 fully saturated rings. The van der Waals surface area contributed by atoms with Crippen LogP contribution in [0.2, 0.25) is 0 Å². The SMILES string of the molecule is Cl.NNC(c1ccccc1)(c1ccccc1)c1ccccc1. The Morgan fingerprint density at radius 3 is 1.05 bits per heavy atom. The number of rotatable bonds is 4. The van der Waals surface area contributed by atoms with Gasteiger partial charge in [-0.05, 0) is 16.7 Å². The van der Waals surface area contributed by atoms with E-state index in [0.717, 1.165) is 16.7 Å². The summed E-state index contributed by atoms with van der Waals surface area (Å²) in [5, 5.41) is 0. The zero-order valence-corrected chi connectivity index (χ0v) is 13.0. The largest absolute Gasteiger partial charge is 0.270 e. The van der Waals surface area contributed by atoms with Gasteiger partial charge in [0.2, 0.25) is 0 Å². The number of hydrazine groups is 1. The van der Waals surface area contributed by atoms with Crippen LogP contribution in [0.15, 0.2) is 91.0 Å². The van der Waals surface area contributed by atoms with Gasteiger partial charge in [0.25, 0.3) is 0 Å². The second-order valence-electron chi connectivity index (χ2n) is 4.99. The molecule has 0 bridgehead atoms. The van der Waals surface area contributed by atoms with Gasteiger partial charge in [0, 0.05) is 0 Å². The number of hydrogen-bond donors (Lipinski definition) is 2. The third kappa shape index (κ3) is 2.77. The molecular weight excluding hydrogens is 292 g/mol. The van der Waals surface area contributed by atoms with Gasteiger partial charge in [-0.1, -0.05) is 91.0 Å². The molecule has 3 heteroatoms. The minimum absolute atomic E-state index is 0. The minimum Gasteiger partial charge on any atom is -0.270 e. The molecular formula is C19H19ClN2. The van der Waals surface area contributed by atoms with Crippen molar-refractivity contribution in [1.82, 2.24) is 5.43 Å². The average Bonchev–Trinajstić information content (AvgIpc) is 2.59. The van der Waals surface area contributed by atoms with Crippen LogP contribution >= 0.6 is 12.4 Å². The Kier molecular flexibility index (Phi) is 5.34. The van der Waals surface area contributed by atoms with Crippen LogP contribution in [0.3, 0.4) is 0 Å². The molecule has 0 spiro atoms. The molecule has 0 aliphatic heterocycles. The molecule has 0 radical (unpaired) electrons. The summed E-state index contributed by atoms with van der Waals surface area (Å²) < 4.78 is 0. The summed E-state index contributed by atoms with van der Waals surface area (Å²) in [5.41, 5.74) is 5.86. The molecule has 0 saturated heterocycles. The predicted molar refractivity (Wildman–Crippen MR) is 93.8 cm³/mol. The average molecular weight is 311 g/mol.